The number of ether oxygens (including phenoxy) is 1. The van der Waals surface area contributed by atoms with Gasteiger partial charge in [-0.15, -0.1) is 0 Å². The Morgan fingerprint density at radius 1 is 1.26 bits per heavy atom. The molecule has 4 heteroatoms. The van der Waals surface area contributed by atoms with Crippen molar-refractivity contribution in [3.05, 3.63) is 35.4 Å². The molecule has 1 heterocycles. The Morgan fingerprint density at radius 2 is 1.89 bits per heavy atom. The van der Waals surface area contributed by atoms with E-state index in [0.29, 0.717) is 18.4 Å². The summed E-state index contributed by atoms with van der Waals surface area (Å²) in [6.45, 7) is 6.17. The van der Waals surface area contributed by atoms with E-state index >= 15 is 0 Å². The summed E-state index contributed by atoms with van der Waals surface area (Å²) in [4.78, 5) is 2.07. The second-order valence-corrected chi connectivity index (χ2v) is 5.58. The Hall–Kier alpha value is -1.00. The standard InChI is InChI=1S/C15H21F2NO/c1-10(2)11-7-18(9-15(11)19-3)8-12-13(16)5-4-6-14(12)17/h4-6,10-11,15H,7-9H2,1-3H3. The predicted molar refractivity (Wildman–Crippen MR) is 70.8 cm³/mol. The topological polar surface area (TPSA) is 12.5 Å². The Labute approximate surface area is 113 Å². The van der Waals surface area contributed by atoms with Crippen LogP contribution in [0.3, 0.4) is 0 Å². The molecule has 1 aliphatic heterocycles. The van der Waals surface area contributed by atoms with Gasteiger partial charge in [0.25, 0.3) is 0 Å². The molecule has 0 bridgehead atoms. The fraction of sp³-hybridized carbons (Fsp3) is 0.600. The van der Waals surface area contributed by atoms with Gasteiger partial charge < -0.3 is 4.74 Å². The molecule has 0 aliphatic carbocycles. The van der Waals surface area contributed by atoms with E-state index in [9.17, 15) is 8.78 Å². The zero-order valence-electron chi connectivity index (χ0n) is 11.7. The average Bonchev–Trinajstić information content (AvgIpc) is 2.77. The summed E-state index contributed by atoms with van der Waals surface area (Å²) in [6, 6.07) is 4.01. The van der Waals surface area contributed by atoms with Crippen molar-refractivity contribution in [3.8, 4) is 0 Å². The molecule has 1 fully saturated rings. The fourth-order valence-electron chi connectivity index (χ4n) is 2.81. The normalized spacial score (nSPS) is 24.3. The van der Waals surface area contributed by atoms with E-state index < -0.39 is 11.6 Å². The molecule has 1 aromatic carbocycles. The first-order valence-electron chi connectivity index (χ1n) is 6.71. The van der Waals surface area contributed by atoms with Gasteiger partial charge in [0.1, 0.15) is 11.6 Å². The number of methoxy groups -OCH3 is 1. The van der Waals surface area contributed by atoms with Crippen LogP contribution in [0, 0.1) is 23.5 Å². The maximum atomic E-state index is 13.6. The molecule has 2 unspecified atom stereocenters. The molecule has 0 aromatic heterocycles. The molecular weight excluding hydrogens is 248 g/mol. The predicted octanol–water partition coefficient (Wildman–Crippen LogP) is 3.07. The van der Waals surface area contributed by atoms with Gasteiger partial charge in [-0.3, -0.25) is 4.90 Å². The van der Waals surface area contributed by atoms with Crippen molar-refractivity contribution in [3.63, 3.8) is 0 Å². The number of rotatable bonds is 4. The van der Waals surface area contributed by atoms with E-state index in [4.69, 9.17) is 4.74 Å². The largest absolute Gasteiger partial charge is 0.380 e. The second-order valence-electron chi connectivity index (χ2n) is 5.58. The van der Waals surface area contributed by atoms with Gasteiger partial charge in [0, 0.05) is 38.2 Å². The van der Waals surface area contributed by atoms with Gasteiger partial charge in [-0.05, 0) is 18.1 Å². The zero-order chi connectivity index (χ0) is 14.0. The molecule has 0 amide bonds. The minimum Gasteiger partial charge on any atom is -0.380 e. The smallest absolute Gasteiger partial charge is 0.130 e. The van der Waals surface area contributed by atoms with Crippen LogP contribution in [0.15, 0.2) is 18.2 Å². The van der Waals surface area contributed by atoms with Gasteiger partial charge in [0.15, 0.2) is 0 Å². The summed E-state index contributed by atoms with van der Waals surface area (Å²) in [6.07, 6.45) is 0.148. The van der Waals surface area contributed by atoms with Gasteiger partial charge in [-0.1, -0.05) is 19.9 Å². The molecule has 1 aromatic rings. The molecule has 2 rings (SSSR count). The molecule has 1 aliphatic rings. The molecule has 1 saturated heterocycles. The lowest BCUT2D eigenvalue weighted by Gasteiger charge is -2.20. The van der Waals surface area contributed by atoms with Crippen LogP contribution in [0.2, 0.25) is 0 Å². The zero-order valence-corrected chi connectivity index (χ0v) is 11.7. The lowest BCUT2D eigenvalue weighted by atomic mass is 9.93. The highest BCUT2D eigenvalue weighted by Gasteiger charge is 2.35. The average molecular weight is 269 g/mol. The Balaban J connectivity index is 2.09. The summed E-state index contributed by atoms with van der Waals surface area (Å²) < 4.78 is 32.8. The molecule has 0 radical (unpaired) electrons. The lowest BCUT2D eigenvalue weighted by molar-refractivity contribution is 0.0635. The first-order chi connectivity index (χ1) is 9.02. The minimum absolute atomic E-state index is 0.148. The second kappa shape index (κ2) is 5.97. The number of likely N-dealkylation sites (tertiary alicyclic amines) is 1. The van der Waals surface area contributed by atoms with E-state index in [0.717, 1.165) is 13.1 Å². The van der Waals surface area contributed by atoms with Crippen LogP contribution in [0.5, 0.6) is 0 Å². The Bertz CT molecular complexity index is 416. The Kier molecular flexibility index (Phi) is 4.53. The molecule has 2 nitrogen and oxygen atoms in total. The van der Waals surface area contributed by atoms with Crippen LogP contribution in [0.25, 0.3) is 0 Å². The molecule has 2 atom stereocenters. The van der Waals surface area contributed by atoms with Crippen molar-refractivity contribution in [2.24, 2.45) is 11.8 Å². The van der Waals surface area contributed by atoms with Crippen molar-refractivity contribution >= 4 is 0 Å². The van der Waals surface area contributed by atoms with E-state index in [1.54, 1.807) is 7.11 Å². The third-order valence-corrected chi connectivity index (χ3v) is 3.99. The van der Waals surface area contributed by atoms with Crippen LogP contribution in [0.4, 0.5) is 8.78 Å². The summed E-state index contributed by atoms with van der Waals surface area (Å²) in [7, 11) is 1.70. The SMILES string of the molecule is COC1CN(Cc2c(F)cccc2F)CC1C(C)C. The number of halogens is 2. The van der Waals surface area contributed by atoms with Crippen molar-refractivity contribution in [1.29, 1.82) is 0 Å². The number of nitrogens with zero attached hydrogens (tertiary/aromatic N) is 1. The summed E-state index contributed by atoms with van der Waals surface area (Å²) >= 11 is 0. The molecule has 0 saturated carbocycles. The quantitative estimate of drug-likeness (QED) is 0.833. The highest BCUT2D eigenvalue weighted by Crippen LogP contribution is 2.28. The summed E-state index contributed by atoms with van der Waals surface area (Å²) in [5, 5.41) is 0. The van der Waals surface area contributed by atoms with Gasteiger partial charge >= 0.3 is 0 Å². The van der Waals surface area contributed by atoms with Gasteiger partial charge in [-0.2, -0.15) is 0 Å². The monoisotopic (exact) mass is 269 g/mol. The van der Waals surface area contributed by atoms with Crippen molar-refractivity contribution in [2.75, 3.05) is 20.2 Å². The van der Waals surface area contributed by atoms with Crippen LogP contribution in [0.1, 0.15) is 19.4 Å². The van der Waals surface area contributed by atoms with Crippen molar-refractivity contribution in [1.82, 2.24) is 4.90 Å². The van der Waals surface area contributed by atoms with E-state index in [1.807, 2.05) is 0 Å². The van der Waals surface area contributed by atoms with E-state index in [2.05, 4.69) is 18.7 Å². The maximum Gasteiger partial charge on any atom is 0.130 e. The van der Waals surface area contributed by atoms with Crippen LogP contribution < -0.4 is 0 Å². The molecule has 106 valence electrons. The molecule has 19 heavy (non-hydrogen) atoms. The Morgan fingerprint density at radius 3 is 2.37 bits per heavy atom. The van der Waals surface area contributed by atoms with E-state index in [-0.39, 0.29) is 11.7 Å². The van der Waals surface area contributed by atoms with Gasteiger partial charge in [0.2, 0.25) is 0 Å². The third-order valence-electron chi connectivity index (χ3n) is 3.99. The molecular formula is C15H21F2NO. The first kappa shape index (κ1) is 14.4. The van der Waals surface area contributed by atoms with Crippen LogP contribution in [-0.4, -0.2) is 31.2 Å². The third kappa shape index (κ3) is 3.12. The van der Waals surface area contributed by atoms with Crippen LogP contribution >= 0.6 is 0 Å². The maximum absolute atomic E-state index is 13.6. The number of hydrogen-bond acceptors (Lipinski definition) is 2. The number of hydrogen-bond donors (Lipinski definition) is 0. The fourth-order valence-corrected chi connectivity index (χ4v) is 2.81. The van der Waals surface area contributed by atoms with Crippen molar-refractivity contribution < 1.29 is 13.5 Å². The van der Waals surface area contributed by atoms with E-state index in [1.165, 1.54) is 18.2 Å². The number of benzene rings is 1. The van der Waals surface area contributed by atoms with Crippen molar-refractivity contribution in [2.45, 2.75) is 26.5 Å². The summed E-state index contributed by atoms with van der Waals surface area (Å²) in [5.41, 5.74) is 0.154. The first-order valence-corrected chi connectivity index (χ1v) is 6.71. The highest BCUT2D eigenvalue weighted by atomic mass is 19.1. The van der Waals surface area contributed by atoms with Crippen LogP contribution in [-0.2, 0) is 11.3 Å². The highest BCUT2D eigenvalue weighted by molar-refractivity contribution is 5.19. The van der Waals surface area contributed by atoms with Gasteiger partial charge in [0.05, 0.1) is 6.10 Å². The minimum atomic E-state index is -0.470. The lowest BCUT2D eigenvalue weighted by Crippen LogP contribution is -2.25. The van der Waals surface area contributed by atoms with Gasteiger partial charge in [-0.25, -0.2) is 8.78 Å². The summed E-state index contributed by atoms with van der Waals surface area (Å²) in [5.74, 6) is -0.0239. The molecule has 0 spiro atoms. The molecule has 0 N–H and O–H groups in total.